The van der Waals surface area contributed by atoms with Gasteiger partial charge in [-0.15, -0.1) is 0 Å². The third-order valence-corrected chi connectivity index (χ3v) is 5.18. The molecular formula is C16H15NO4S. The molecule has 3 rings (SSSR count). The first-order valence-corrected chi connectivity index (χ1v) is 8.06. The van der Waals surface area contributed by atoms with Crippen molar-refractivity contribution in [2.24, 2.45) is 0 Å². The highest BCUT2D eigenvalue weighted by atomic mass is 32.2. The van der Waals surface area contributed by atoms with Crippen molar-refractivity contribution in [3.8, 4) is 11.5 Å². The van der Waals surface area contributed by atoms with Gasteiger partial charge in [0.05, 0.1) is 24.6 Å². The Morgan fingerprint density at radius 2 is 1.64 bits per heavy atom. The Bertz CT molecular complexity index is 914. The molecule has 0 atom stereocenters. The largest absolute Gasteiger partial charge is 0.493 e. The summed E-state index contributed by atoms with van der Waals surface area (Å²) in [4.78, 5) is 0.238. The first-order chi connectivity index (χ1) is 10.6. The minimum Gasteiger partial charge on any atom is -0.493 e. The summed E-state index contributed by atoms with van der Waals surface area (Å²) in [7, 11) is -0.575. The Morgan fingerprint density at radius 3 is 2.27 bits per heavy atom. The van der Waals surface area contributed by atoms with Crippen molar-refractivity contribution >= 4 is 20.9 Å². The molecule has 1 aromatic heterocycles. The number of fused-ring (bicyclic) bond motifs is 1. The Labute approximate surface area is 128 Å². The van der Waals surface area contributed by atoms with Crippen molar-refractivity contribution in [3.05, 3.63) is 54.7 Å². The van der Waals surface area contributed by atoms with Gasteiger partial charge in [0, 0.05) is 11.6 Å². The zero-order valence-electron chi connectivity index (χ0n) is 12.2. The number of hydrogen-bond donors (Lipinski definition) is 0. The lowest BCUT2D eigenvalue weighted by Crippen LogP contribution is -2.11. The normalized spacial score (nSPS) is 11.5. The molecule has 0 saturated carbocycles. The van der Waals surface area contributed by atoms with Gasteiger partial charge in [0.2, 0.25) is 0 Å². The second-order valence-corrected chi connectivity index (χ2v) is 6.48. The van der Waals surface area contributed by atoms with Crippen LogP contribution >= 0.6 is 0 Å². The second-order valence-electron chi connectivity index (χ2n) is 4.66. The lowest BCUT2D eigenvalue weighted by molar-refractivity contribution is 0.358. The van der Waals surface area contributed by atoms with E-state index in [-0.39, 0.29) is 4.90 Å². The Kier molecular flexibility index (Phi) is 3.54. The monoisotopic (exact) mass is 317 g/mol. The fraction of sp³-hybridized carbons (Fsp3) is 0.125. The summed E-state index contributed by atoms with van der Waals surface area (Å²) in [6.07, 6.45) is 1.52. The van der Waals surface area contributed by atoms with Crippen LogP contribution in [0, 0.1) is 0 Å². The van der Waals surface area contributed by atoms with Crippen LogP contribution in [0.4, 0.5) is 0 Å². The van der Waals surface area contributed by atoms with Crippen LogP contribution < -0.4 is 9.47 Å². The highest BCUT2D eigenvalue weighted by Gasteiger charge is 2.20. The van der Waals surface area contributed by atoms with Crippen molar-refractivity contribution in [3.63, 3.8) is 0 Å². The lowest BCUT2D eigenvalue weighted by Gasteiger charge is -2.11. The van der Waals surface area contributed by atoms with Crippen molar-refractivity contribution in [2.45, 2.75) is 4.90 Å². The Hall–Kier alpha value is -2.47. The number of nitrogens with zero attached hydrogens (tertiary/aromatic N) is 1. The summed E-state index contributed by atoms with van der Waals surface area (Å²) in [5, 5.41) is 0.682. The van der Waals surface area contributed by atoms with Crippen LogP contribution in [-0.4, -0.2) is 26.6 Å². The maximum Gasteiger partial charge on any atom is 0.268 e. The highest BCUT2D eigenvalue weighted by Crippen LogP contribution is 2.36. The highest BCUT2D eigenvalue weighted by molar-refractivity contribution is 7.90. The minimum atomic E-state index is -3.65. The molecular weight excluding hydrogens is 302 g/mol. The molecule has 0 radical (unpaired) electrons. The molecule has 0 aliphatic heterocycles. The summed E-state index contributed by atoms with van der Waals surface area (Å²) < 4.78 is 37.3. The van der Waals surface area contributed by atoms with E-state index in [0.717, 1.165) is 0 Å². The van der Waals surface area contributed by atoms with Crippen LogP contribution in [0.25, 0.3) is 10.9 Å². The molecule has 6 heteroatoms. The van der Waals surface area contributed by atoms with Crippen molar-refractivity contribution in [1.29, 1.82) is 0 Å². The van der Waals surface area contributed by atoms with Gasteiger partial charge in [0.1, 0.15) is 0 Å². The average Bonchev–Trinajstić information content (AvgIpc) is 2.99. The van der Waals surface area contributed by atoms with Crippen LogP contribution in [0.15, 0.2) is 59.6 Å². The Morgan fingerprint density at radius 1 is 0.909 bits per heavy atom. The number of aromatic nitrogens is 1. The minimum absolute atomic E-state index is 0.238. The molecule has 0 amide bonds. The van der Waals surface area contributed by atoms with Crippen LogP contribution in [0.2, 0.25) is 0 Å². The molecule has 22 heavy (non-hydrogen) atoms. The first kappa shape index (κ1) is 14.5. The van der Waals surface area contributed by atoms with E-state index in [1.165, 1.54) is 17.3 Å². The number of methoxy groups -OCH3 is 2. The van der Waals surface area contributed by atoms with Gasteiger partial charge in [0.25, 0.3) is 10.0 Å². The van der Waals surface area contributed by atoms with Gasteiger partial charge in [-0.25, -0.2) is 12.4 Å². The van der Waals surface area contributed by atoms with Crippen molar-refractivity contribution < 1.29 is 17.9 Å². The van der Waals surface area contributed by atoms with Crippen LogP contribution in [0.1, 0.15) is 0 Å². The van der Waals surface area contributed by atoms with Gasteiger partial charge in [0.15, 0.2) is 11.5 Å². The molecule has 5 nitrogen and oxygen atoms in total. The molecule has 0 fully saturated rings. The summed E-state index contributed by atoms with van der Waals surface area (Å²) in [6, 6.07) is 13.4. The van der Waals surface area contributed by atoms with Crippen molar-refractivity contribution in [1.82, 2.24) is 3.97 Å². The van der Waals surface area contributed by atoms with E-state index >= 15 is 0 Å². The van der Waals surface area contributed by atoms with Gasteiger partial charge >= 0.3 is 0 Å². The number of ether oxygens (including phenoxy) is 2. The predicted octanol–water partition coefficient (Wildman–Crippen LogP) is 2.90. The number of benzene rings is 2. The topological polar surface area (TPSA) is 57.5 Å². The van der Waals surface area contributed by atoms with Gasteiger partial charge < -0.3 is 9.47 Å². The molecule has 0 unspecified atom stereocenters. The maximum absolute atomic E-state index is 12.8. The summed E-state index contributed by atoms with van der Waals surface area (Å²) in [6.45, 7) is 0. The summed E-state index contributed by atoms with van der Waals surface area (Å²) in [5.74, 6) is 1.08. The summed E-state index contributed by atoms with van der Waals surface area (Å²) >= 11 is 0. The zero-order chi connectivity index (χ0) is 15.7. The van der Waals surface area contributed by atoms with E-state index in [0.29, 0.717) is 22.4 Å². The fourth-order valence-electron chi connectivity index (χ4n) is 2.43. The smallest absolute Gasteiger partial charge is 0.268 e. The van der Waals surface area contributed by atoms with E-state index in [9.17, 15) is 8.42 Å². The molecule has 114 valence electrons. The molecule has 0 aliphatic rings. The predicted molar refractivity (Wildman–Crippen MR) is 84.1 cm³/mol. The molecule has 0 spiro atoms. The molecule has 0 bridgehead atoms. The fourth-order valence-corrected chi connectivity index (χ4v) is 3.80. The quantitative estimate of drug-likeness (QED) is 0.742. The van der Waals surface area contributed by atoms with Crippen molar-refractivity contribution in [2.75, 3.05) is 14.2 Å². The van der Waals surface area contributed by atoms with Crippen LogP contribution in [-0.2, 0) is 10.0 Å². The molecule has 2 aromatic carbocycles. The molecule has 0 saturated heterocycles. The van der Waals surface area contributed by atoms with Crippen LogP contribution in [0.5, 0.6) is 11.5 Å². The van der Waals surface area contributed by atoms with E-state index in [1.807, 2.05) is 0 Å². The van der Waals surface area contributed by atoms with Gasteiger partial charge in [-0.3, -0.25) is 0 Å². The van der Waals surface area contributed by atoms with E-state index in [2.05, 4.69) is 0 Å². The summed E-state index contributed by atoms with van der Waals surface area (Å²) in [5.41, 5.74) is 0.543. The molecule has 1 heterocycles. The SMILES string of the molecule is COc1ccc2c(ccn2S(=O)(=O)c2ccccc2)c1OC. The van der Waals surface area contributed by atoms with Gasteiger partial charge in [-0.1, -0.05) is 18.2 Å². The first-order valence-electron chi connectivity index (χ1n) is 6.62. The standard InChI is InChI=1S/C16H15NO4S/c1-20-15-9-8-14-13(16(15)21-2)10-11-17(14)22(18,19)12-6-4-3-5-7-12/h3-11H,1-2H3. The lowest BCUT2D eigenvalue weighted by atomic mass is 10.2. The molecule has 0 aliphatic carbocycles. The maximum atomic E-state index is 12.8. The second kappa shape index (κ2) is 5.38. The molecule has 0 N–H and O–H groups in total. The zero-order valence-corrected chi connectivity index (χ0v) is 13.0. The van der Waals surface area contributed by atoms with E-state index < -0.39 is 10.0 Å². The van der Waals surface area contributed by atoms with Gasteiger partial charge in [-0.05, 0) is 30.3 Å². The third kappa shape index (κ3) is 2.12. The number of rotatable bonds is 4. The number of hydrogen-bond acceptors (Lipinski definition) is 4. The van der Waals surface area contributed by atoms with E-state index in [1.54, 1.807) is 55.6 Å². The van der Waals surface area contributed by atoms with Crippen LogP contribution in [0.3, 0.4) is 0 Å². The van der Waals surface area contributed by atoms with E-state index in [4.69, 9.17) is 9.47 Å². The van der Waals surface area contributed by atoms with Gasteiger partial charge in [-0.2, -0.15) is 0 Å². The third-order valence-electron chi connectivity index (χ3n) is 3.48. The average molecular weight is 317 g/mol. The molecule has 3 aromatic rings. The Balaban J connectivity index is 2.26.